The Bertz CT molecular complexity index is 888. The average Bonchev–Trinajstić information content (AvgIpc) is 2.86. The molecule has 0 saturated carbocycles. The Kier molecular flexibility index (Phi) is 4.71. The Morgan fingerprint density at radius 3 is 2.65 bits per heavy atom. The largest absolute Gasteiger partial charge is 0.495 e. The van der Waals surface area contributed by atoms with Crippen molar-refractivity contribution in [3.05, 3.63) is 65.6 Å². The molecule has 2 aromatic heterocycles. The van der Waals surface area contributed by atoms with Crippen LogP contribution < -0.4 is 4.74 Å². The SMILES string of the molecule is COc1cccnc1CN1CCc2c(-c3ccccc3)nn(C)c2CC1. The highest BCUT2D eigenvalue weighted by Gasteiger charge is 2.22. The van der Waals surface area contributed by atoms with E-state index < -0.39 is 0 Å². The van der Waals surface area contributed by atoms with Crippen LogP contribution in [0.15, 0.2) is 48.7 Å². The van der Waals surface area contributed by atoms with Gasteiger partial charge in [0.25, 0.3) is 0 Å². The summed E-state index contributed by atoms with van der Waals surface area (Å²) < 4.78 is 7.52. The maximum atomic E-state index is 5.46. The van der Waals surface area contributed by atoms with Gasteiger partial charge in [0.1, 0.15) is 5.75 Å². The second-order valence-electron chi connectivity index (χ2n) is 6.69. The molecule has 1 aliphatic heterocycles. The van der Waals surface area contributed by atoms with Crippen LogP contribution in [0.1, 0.15) is 17.0 Å². The van der Waals surface area contributed by atoms with Crippen LogP contribution in [0.25, 0.3) is 11.3 Å². The average molecular weight is 348 g/mol. The zero-order valence-corrected chi connectivity index (χ0v) is 15.4. The van der Waals surface area contributed by atoms with Crippen LogP contribution in [0.2, 0.25) is 0 Å². The molecule has 0 amide bonds. The van der Waals surface area contributed by atoms with Crippen LogP contribution in [0.3, 0.4) is 0 Å². The highest BCUT2D eigenvalue weighted by molar-refractivity contribution is 5.64. The fraction of sp³-hybridized carbons (Fsp3) is 0.333. The van der Waals surface area contributed by atoms with Crippen molar-refractivity contribution in [3.63, 3.8) is 0 Å². The summed E-state index contributed by atoms with van der Waals surface area (Å²) in [6, 6.07) is 14.4. The molecule has 0 saturated heterocycles. The molecule has 0 N–H and O–H groups in total. The summed E-state index contributed by atoms with van der Waals surface area (Å²) in [6.45, 7) is 2.81. The van der Waals surface area contributed by atoms with Crippen molar-refractivity contribution in [2.24, 2.45) is 7.05 Å². The van der Waals surface area contributed by atoms with E-state index in [9.17, 15) is 0 Å². The molecule has 26 heavy (non-hydrogen) atoms. The van der Waals surface area contributed by atoms with Crippen molar-refractivity contribution >= 4 is 0 Å². The van der Waals surface area contributed by atoms with Gasteiger partial charge in [0, 0.05) is 56.1 Å². The van der Waals surface area contributed by atoms with E-state index in [2.05, 4.69) is 45.9 Å². The van der Waals surface area contributed by atoms with Gasteiger partial charge in [-0.2, -0.15) is 5.10 Å². The molecule has 0 unspecified atom stereocenters. The number of benzene rings is 1. The van der Waals surface area contributed by atoms with E-state index in [4.69, 9.17) is 9.84 Å². The third-order valence-electron chi connectivity index (χ3n) is 5.11. The van der Waals surface area contributed by atoms with E-state index in [1.54, 1.807) is 7.11 Å². The van der Waals surface area contributed by atoms with Gasteiger partial charge in [-0.3, -0.25) is 14.6 Å². The Hall–Kier alpha value is -2.66. The molecule has 4 rings (SSSR count). The molecule has 0 bridgehead atoms. The monoisotopic (exact) mass is 348 g/mol. The van der Waals surface area contributed by atoms with Crippen molar-refractivity contribution in [3.8, 4) is 17.0 Å². The minimum Gasteiger partial charge on any atom is -0.495 e. The van der Waals surface area contributed by atoms with Gasteiger partial charge in [-0.1, -0.05) is 30.3 Å². The third-order valence-corrected chi connectivity index (χ3v) is 5.11. The van der Waals surface area contributed by atoms with Crippen LogP contribution in [0.4, 0.5) is 0 Å². The first-order valence-electron chi connectivity index (χ1n) is 9.06. The number of pyridine rings is 1. The minimum absolute atomic E-state index is 0.812. The molecule has 0 atom stereocenters. The van der Waals surface area contributed by atoms with Gasteiger partial charge in [0.05, 0.1) is 18.5 Å². The number of aryl methyl sites for hydroxylation is 1. The number of aromatic nitrogens is 3. The quantitative estimate of drug-likeness (QED) is 0.727. The van der Waals surface area contributed by atoms with Crippen LogP contribution in [0.5, 0.6) is 5.75 Å². The zero-order chi connectivity index (χ0) is 17.9. The topological polar surface area (TPSA) is 43.2 Å². The molecule has 5 heteroatoms. The molecule has 0 radical (unpaired) electrons. The molecule has 1 aromatic carbocycles. The molecule has 0 spiro atoms. The first kappa shape index (κ1) is 16.8. The second-order valence-corrected chi connectivity index (χ2v) is 6.69. The lowest BCUT2D eigenvalue weighted by Gasteiger charge is -2.20. The number of fused-ring (bicyclic) bond motifs is 1. The van der Waals surface area contributed by atoms with Crippen LogP contribution >= 0.6 is 0 Å². The molecular weight excluding hydrogens is 324 g/mol. The Morgan fingerprint density at radius 2 is 1.85 bits per heavy atom. The van der Waals surface area contributed by atoms with Gasteiger partial charge < -0.3 is 4.74 Å². The van der Waals surface area contributed by atoms with E-state index in [0.29, 0.717) is 0 Å². The van der Waals surface area contributed by atoms with E-state index in [1.165, 1.54) is 16.8 Å². The fourth-order valence-electron chi connectivity index (χ4n) is 3.75. The number of ether oxygens (including phenoxy) is 1. The Balaban J connectivity index is 1.56. The minimum atomic E-state index is 0.812. The van der Waals surface area contributed by atoms with E-state index >= 15 is 0 Å². The van der Waals surface area contributed by atoms with Gasteiger partial charge in [-0.25, -0.2) is 0 Å². The first-order chi connectivity index (χ1) is 12.8. The normalized spacial score (nSPS) is 14.7. The van der Waals surface area contributed by atoms with E-state index in [-0.39, 0.29) is 0 Å². The van der Waals surface area contributed by atoms with Gasteiger partial charge in [-0.15, -0.1) is 0 Å². The van der Waals surface area contributed by atoms with Crippen molar-refractivity contribution in [2.45, 2.75) is 19.4 Å². The molecule has 3 aromatic rings. The predicted molar refractivity (Wildman–Crippen MR) is 102 cm³/mol. The van der Waals surface area contributed by atoms with E-state index in [0.717, 1.165) is 49.6 Å². The van der Waals surface area contributed by atoms with Gasteiger partial charge in [0.2, 0.25) is 0 Å². The van der Waals surface area contributed by atoms with Crippen molar-refractivity contribution in [2.75, 3.05) is 20.2 Å². The van der Waals surface area contributed by atoms with Crippen LogP contribution in [0, 0.1) is 0 Å². The van der Waals surface area contributed by atoms with Crippen LogP contribution in [-0.4, -0.2) is 39.9 Å². The number of methoxy groups -OCH3 is 1. The van der Waals surface area contributed by atoms with Crippen molar-refractivity contribution in [1.29, 1.82) is 0 Å². The predicted octanol–water partition coefficient (Wildman–Crippen LogP) is 3.09. The van der Waals surface area contributed by atoms with Gasteiger partial charge in [-0.05, 0) is 18.6 Å². The van der Waals surface area contributed by atoms with E-state index in [1.807, 2.05) is 24.4 Å². The molecule has 3 heterocycles. The Labute approximate surface area is 154 Å². The molecule has 1 aliphatic rings. The summed E-state index contributed by atoms with van der Waals surface area (Å²) in [6.07, 6.45) is 3.84. The highest BCUT2D eigenvalue weighted by Crippen LogP contribution is 2.28. The van der Waals surface area contributed by atoms with Crippen molar-refractivity contribution < 1.29 is 4.74 Å². The summed E-state index contributed by atoms with van der Waals surface area (Å²) >= 11 is 0. The lowest BCUT2D eigenvalue weighted by molar-refractivity contribution is 0.268. The molecule has 134 valence electrons. The van der Waals surface area contributed by atoms with Gasteiger partial charge >= 0.3 is 0 Å². The summed E-state index contributed by atoms with van der Waals surface area (Å²) in [5, 5.41) is 4.81. The lowest BCUT2D eigenvalue weighted by atomic mass is 10.0. The Morgan fingerprint density at radius 1 is 1.04 bits per heavy atom. The number of nitrogens with zero attached hydrogens (tertiary/aromatic N) is 4. The molecule has 5 nitrogen and oxygen atoms in total. The second kappa shape index (κ2) is 7.30. The maximum absolute atomic E-state index is 5.46. The zero-order valence-electron chi connectivity index (χ0n) is 15.4. The third kappa shape index (κ3) is 3.22. The number of rotatable bonds is 4. The molecule has 0 fully saturated rings. The summed E-state index contributed by atoms with van der Waals surface area (Å²) in [4.78, 5) is 6.97. The van der Waals surface area contributed by atoms with Crippen LogP contribution in [-0.2, 0) is 26.4 Å². The number of hydrogen-bond donors (Lipinski definition) is 0. The molecule has 0 aliphatic carbocycles. The number of hydrogen-bond acceptors (Lipinski definition) is 4. The fourth-order valence-corrected chi connectivity index (χ4v) is 3.75. The highest BCUT2D eigenvalue weighted by atomic mass is 16.5. The maximum Gasteiger partial charge on any atom is 0.141 e. The van der Waals surface area contributed by atoms with Crippen molar-refractivity contribution in [1.82, 2.24) is 19.7 Å². The smallest absolute Gasteiger partial charge is 0.141 e. The molecular formula is C21H24N4O. The standard InChI is InChI=1S/C21H24N4O/c1-24-19-11-14-25(15-18-20(26-2)9-6-12-22-18)13-10-17(19)21(23-24)16-7-4-3-5-8-16/h3-9,12H,10-11,13-15H2,1-2H3. The summed E-state index contributed by atoms with van der Waals surface area (Å²) in [7, 11) is 3.76. The van der Waals surface area contributed by atoms with Gasteiger partial charge in [0.15, 0.2) is 0 Å². The summed E-state index contributed by atoms with van der Waals surface area (Å²) in [5.41, 5.74) is 6.06. The lowest BCUT2D eigenvalue weighted by Crippen LogP contribution is -2.27. The summed E-state index contributed by atoms with van der Waals surface area (Å²) in [5.74, 6) is 0.862. The first-order valence-corrected chi connectivity index (χ1v) is 9.06.